The van der Waals surface area contributed by atoms with Crippen LogP contribution < -0.4 is 5.32 Å². The third-order valence-electron chi connectivity index (χ3n) is 5.41. The molecule has 130 valence electrons. The number of nitrogens with one attached hydrogen (secondary N) is 1. The summed E-state index contributed by atoms with van der Waals surface area (Å²) in [7, 11) is 0. The van der Waals surface area contributed by atoms with Crippen molar-refractivity contribution in [1.82, 2.24) is 5.32 Å². The first-order chi connectivity index (χ1) is 11.2. The van der Waals surface area contributed by atoms with Crippen molar-refractivity contribution < 1.29 is 14.3 Å². The van der Waals surface area contributed by atoms with Crippen molar-refractivity contribution in [1.29, 1.82) is 0 Å². The van der Waals surface area contributed by atoms with Crippen molar-refractivity contribution in [3.63, 3.8) is 0 Å². The molecule has 2 fully saturated rings. The molecule has 0 radical (unpaired) electrons. The highest BCUT2D eigenvalue weighted by atomic mass is 16.6. The van der Waals surface area contributed by atoms with Crippen molar-refractivity contribution in [2.45, 2.75) is 64.5 Å². The van der Waals surface area contributed by atoms with E-state index in [1.165, 1.54) is 5.56 Å². The number of hydrogen-bond acceptors (Lipinski definition) is 3. The zero-order valence-electron chi connectivity index (χ0n) is 15.0. The Morgan fingerprint density at radius 3 is 2.42 bits per heavy atom. The van der Waals surface area contributed by atoms with E-state index in [0.29, 0.717) is 12.2 Å². The molecule has 0 aromatic heterocycles. The minimum absolute atomic E-state index is 0.0326. The molecule has 1 amide bonds. The number of carbonyl (C=O) groups is 2. The quantitative estimate of drug-likeness (QED) is 0.915. The first-order valence-corrected chi connectivity index (χ1v) is 8.75. The highest BCUT2D eigenvalue weighted by Crippen LogP contribution is 2.62. The number of Topliss-reactive ketones (excluding diaryl/α,β-unsaturated/α-hetero) is 1. The second-order valence-corrected chi connectivity index (χ2v) is 8.50. The number of alkyl carbamates (subject to hydrolysis) is 1. The molecule has 2 saturated carbocycles. The highest BCUT2D eigenvalue weighted by molar-refractivity contribution is 5.94. The van der Waals surface area contributed by atoms with Gasteiger partial charge in [0.25, 0.3) is 0 Å². The predicted octanol–water partition coefficient (Wildman–Crippen LogP) is 3.88. The normalized spacial score (nSPS) is 28.0. The van der Waals surface area contributed by atoms with Crippen LogP contribution in [-0.2, 0) is 16.0 Å². The van der Waals surface area contributed by atoms with Crippen LogP contribution in [0, 0.1) is 11.3 Å². The summed E-state index contributed by atoms with van der Waals surface area (Å²) in [6.07, 6.45) is 2.73. The van der Waals surface area contributed by atoms with Crippen LogP contribution in [-0.4, -0.2) is 23.0 Å². The second-order valence-electron chi connectivity index (χ2n) is 8.50. The van der Waals surface area contributed by atoms with E-state index in [0.717, 1.165) is 19.3 Å². The molecule has 4 heteroatoms. The minimum Gasteiger partial charge on any atom is -0.444 e. The van der Waals surface area contributed by atoms with Crippen LogP contribution in [0.5, 0.6) is 0 Å². The molecular formula is C20H27NO3. The molecular weight excluding hydrogens is 302 g/mol. The van der Waals surface area contributed by atoms with Crippen molar-refractivity contribution in [2.24, 2.45) is 11.3 Å². The number of carbonyl (C=O) groups excluding carboxylic acids is 2. The van der Waals surface area contributed by atoms with Gasteiger partial charge in [-0.25, -0.2) is 4.79 Å². The summed E-state index contributed by atoms with van der Waals surface area (Å²) in [5.41, 5.74) is -0.258. The number of ketones is 1. The molecule has 0 saturated heterocycles. The zero-order valence-corrected chi connectivity index (χ0v) is 15.0. The van der Waals surface area contributed by atoms with Crippen molar-refractivity contribution in [2.75, 3.05) is 0 Å². The van der Waals surface area contributed by atoms with Crippen LogP contribution in [0.3, 0.4) is 0 Å². The molecule has 2 aliphatic carbocycles. The monoisotopic (exact) mass is 329 g/mol. The lowest BCUT2D eigenvalue weighted by molar-refractivity contribution is -0.125. The average Bonchev–Trinajstić information content (AvgIpc) is 3.23. The Kier molecular flexibility index (Phi) is 3.97. The average molecular weight is 329 g/mol. The zero-order chi connectivity index (χ0) is 17.6. The van der Waals surface area contributed by atoms with Gasteiger partial charge in [-0.3, -0.25) is 4.79 Å². The summed E-state index contributed by atoms with van der Waals surface area (Å²) in [6.45, 7) is 7.55. The SMILES string of the molecule is CC(C)(C)OC(=O)NC1(C)CC(Cc2ccccc2)C(=O)C12CC2. The Morgan fingerprint density at radius 2 is 1.88 bits per heavy atom. The summed E-state index contributed by atoms with van der Waals surface area (Å²) in [4.78, 5) is 25.2. The van der Waals surface area contributed by atoms with E-state index in [2.05, 4.69) is 17.4 Å². The van der Waals surface area contributed by atoms with E-state index in [9.17, 15) is 9.59 Å². The number of benzene rings is 1. The number of rotatable bonds is 3. The Morgan fingerprint density at radius 1 is 1.25 bits per heavy atom. The fourth-order valence-electron chi connectivity index (χ4n) is 4.13. The molecule has 0 bridgehead atoms. The van der Waals surface area contributed by atoms with Gasteiger partial charge in [-0.1, -0.05) is 30.3 Å². The third-order valence-corrected chi connectivity index (χ3v) is 5.41. The summed E-state index contributed by atoms with van der Waals surface area (Å²) >= 11 is 0. The summed E-state index contributed by atoms with van der Waals surface area (Å²) in [6, 6.07) is 10.1. The molecule has 1 spiro atoms. The second kappa shape index (κ2) is 5.61. The molecule has 0 aliphatic heterocycles. The molecule has 4 nitrogen and oxygen atoms in total. The summed E-state index contributed by atoms with van der Waals surface area (Å²) < 4.78 is 5.41. The fourth-order valence-corrected chi connectivity index (χ4v) is 4.13. The van der Waals surface area contributed by atoms with Crippen LogP contribution in [0.25, 0.3) is 0 Å². The van der Waals surface area contributed by atoms with Crippen molar-refractivity contribution in [3.8, 4) is 0 Å². The lowest BCUT2D eigenvalue weighted by Crippen LogP contribution is -2.52. The maximum atomic E-state index is 13.0. The van der Waals surface area contributed by atoms with E-state index >= 15 is 0 Å². The van der Waals surface area contributed by atoms with Gasteiger partial charge in [-0.2, -0.15) is 0 Å². The van der Waals surface area contributed by atoms with Crippen LogP contribution in [0.15, 0.2) is 30.3 Å². The molecule has 2 atom stereocenters. The molecule has 1 N–H and O–H groups in total. The van der Waals surface area contributed by atoms with E-state index in [1.54, 1.807) is 0 Å². The topological polar surface area (TPSA) is 55.4 Å². The molecule has 24 heavy (non-hydrogen) atoms. The van der Waals surface area contributed by atoms with Crippen LogP contribution >= 0.6 is 0 Å². The van der Waals surface area contributed by atoms with E-state index in [4.69, 9.17) is 4.74 Å². The summed E-state index contributed by atoms with van der Waals surface area (Å²) in [5.74, 6) is 0.278. The molecule has 2 unspecified atom stereocenters. The first kappa shape index (κ1) is 17.0. The maximum absolute atomic E-state index is 13.0. The van der Waals surface area contributed by atoms with E-state index in [-0.39, 0.29) is 11.3 Å². The first-order valence-electron chi connectivity index (χ1n) is 8.75. The number of hydrogen-bond donors (Lipinski definition) is 1. The van der Waals surface area contributed by atoms with Gasteiger partial charge >= 0.3 is 6.09 Å². The van der Waals surface area contributed by atoms with Gasteiger partial charge in [0.05, 0.1) is 11.0 Å². The van der Waals surface area contributed by atoms with Gasteiger partial charge in [-0.05, 0) is 58.9 Å². The lowest BCUT2D eigenvalue weighted by Gasteiger charge is -2.33. The third kappa shape index (κ3) is 3.06. The molecule has 2 aliphatic rings. The number of ether oxygens (including phenoxy) is 1. The standard InChI is InChI=1S/C20H27NO3/c1-18(2,3)24-17(23)21-19(4)13-15(16(22)20(19)10-11-20)12-14-8-6-5-7-9-14/h5-9,15H,10-13H2,1-4H3,(H,21,23). The van der Waals surface area contributed by atoms with Crippen molar-refractivity contribution in [3.05, 3.63) is 35.9 Å². The van der Waals surface area contributed by atoms with E-state index < -0.39 is 17.2 Å². The summed E-state index contributed by atoms with van der Waals surface area (Å²) in [5, 5.41) is 3.03. The fraction of sp³-hybridized carbons (Fsp3) is 0.600. The molecule has 1 aromatic carbocycles. The van der Waals surface area contributed by atoms with Gasteiger partial charge in [0.2, 0.25) is 0 Å². The molecule has 0 heterocycles. The van der Waals surface area contributed by atoms with Crippen LogP contribution in [0.2, 0.25) is 0 Å². The Balaban J connectivity index is 1.74. The van der Waals surface area contributed by atoms with Crippen LogP contribution in [0.1, 0.15) is 52.5 Å². The Labute approximate surface area is 144 Å². The lowest BCUT2D eigenvalue weighted by atomic mass is 9.85. The smallest absolute Gasteiger partial charge is 0.408 e. The van der Waals surface area contributed by atoms with E-state index in [1.807, 2.05) is 45.9 Å². The van der Waals surface area contributed by atoms with Crippen molar-refractivity contribution >= 4 is 11.9 Å². The van der Waals surface area contributed by atoms with Gasteiger partial charge < -0.3 is 10.1 Å². The maximum Gasteiger partial charge on any atom is 0.408 e. The molecule has 3 rings (SSSR count). The minimum atomic E-state index is -0.538. The predicted molar refractivity (Wildman–Crippen MR) is 92.7 cm³/mol. The van der Waals surface area contributed by atoms with Gasteiger partial charge in [0.15, 0.2) is 0 Å². The van der Waals surface area contributed by atoms with Gasteiger partial charge in [0.1, 0.15) is 11.4 Å². The Hall–Kier alpha value is -1.84. The van der Waals surface area contributed by atoms with Gasteiger partial charge in [-0.15, -0.1) is 0 Å². The Bertz CT molecular complexity index is 643. The largest absolute Gasteiger partial charge is 0.444 e. The molecule has 1 aromatic rings. The number of amides is 1. The highest BCUT2D eigenvalue weighted by Gasteiger charge is 2.68. The van der Waals surface area contributed by atoms with Crippen LogP contribution in [0.4, 0.5) is 4.79 Å². The van der Waals surface area contributed by atoms with Gasteiger partial charge in [0, 0.05) is 5.92 Å².